The number of rotatable bonds is 10. The predicted octanol–water partition coefficient (Wildman–Crippen LogP) is -1.59. The van der Waals surface area contributed by atoms with Gasteiger partial charge in [-0.15, -0.1) is 23.1 Å². The van der Waals surface area contributed by atoms with E-state index in [0.717, 1.165) is 28.0 Å². The molecule has 4 rings (SSSR count). The predicted molar refractivity (Wildman–Crippen MR) is 152 cm³/mol. The molecular formula is C21H26N10O7S3. The van der Waals surface area contributed by atoms with Gasteiger partial charge in [0, 0.05) is 16.9 Å². The smallest absolute Gasteiger partial charge is 0.352 e. The number of aromatic nitrogens is 1. The number of hydrogen-bond donors (Lipinski definition) is 7. The molecule has 4 heterocycles. The van der Waals surface area contributed by atoms with Crippen LogP contribution in [0.5, 0.6) is 0 Å². The number of thiazole rings is 1. The number of thioether (sulfide) groups is 2. The number of nitrogen functional groups attached to an aromatic ring is 1. The summed E-state index contributed by atoms with van der Waals surface area (Å²) < 4.78 is 0. The van der Waals surface area contributed by atoms with Crippen LogP contribution in [0.1, 0.15) is 19.0 Å². The van der Waals surface area contributed by atoms with Crippen molar-refractivity contribution < 1.29 is 34.2 Å². The van der Waals surface area contributed by atoms with Crippen molar-refractivity contribution in [3.8, 4) is 0 Å². The molecule has 3 aliphatic heterocycles. The number of carbonyl (C=O) groups is 4. The number of carboxylic acids is 2. The summed E-state index contributed by atoms with van der Waals surface area (Å²) in [5, 5.41) is 27.8. The molecule has 11 N–H and O–H groups in total. The number of carboxylic acid groups (broad SMARTS) is 2. The fourth-order valence-corrected chi connectivity index (χ4v) is 6.83. The van der Waals surface area contributed by atoms with E-state index in [1.54, 1.807) is 0 Å². The molecule has 0 radical (unpaired) electrons. The molecule has 20 heteroatoms. The number of aliphatic carboxylic acids is 2. The summed E-state index contributed by atoms with van der Waals surface area (Å²) in [7, 11) is 0. The quantitative estimate of drug-likeness (QED) is 0.0667. The van der Waals surface area contributed by atoms with Crippen LogP contribution in [0.4, 0.5) is 5.13 Å². The summed E-state index contributed by atoms with van der Waals surface area (Å²) in [6, 6.07) is -1.07. The molecule has 0 spiro atoms. The van der Waals surface area contributed by atoms with Crippen molar-refractivity contribution in [2.75, 3.05) is 23.8 Å². The second-order valence-corrected chi connectivity index (χ2v) is 11.8. The van der Waals surface area contributed by atoms with Gasteiger partial charge in [0.25, 0.3) is 11.8 Å². The number of nitrogens with two attached hydrogens (primary N) is 4. The van der Waals surface area contributed by atoms with Crippen LogP contribution < -0.4 is 28.4 Å². The Kier molecular flexibility index (Phi) is 8.95. The van der Waals surface area contributed by atoms with E-state index in [9.17, 15) is 24.3 Å². The lowest BCUT2D eigenvalue weighted by Crippen LogP contribution is -2.71. The van der Waals surface area contributed by atoms with Crippen LogP contribution in [0.25, 0.3) is 0 Å². The van der Waals surface area contributed by atoms with Gasteiger partial charge in [0.1, 0.15) is 34.7 Å². The van der Waals surface area contributed by atoms with E-state index in [1.165, 1.54) is 29.1 Å². The number of amidine groups is 1. The summed E-state index contributed by atoms with van der Waals surface area (Å²) in [5.41, 5.74) is 17.5. The number of hydrogen-bond acceptors (Lipinski definition) is 16. The maximum atomic E-state index is 13.2. The SMILES string of the molecule is CC(CC(=O)O)O/N=C(\C(=O)NC1C(=O)N2C(C(=O)O)=C(CSC3=NC(N)=C(N)CN3N)CS[C@@H]12)c1csc(N)n1. The fraction of sp³-hybridized carbons (Fsp3) is 0.381. The molecule has 1 aromatic heterocycles. The number of nitrogens with zero attached hydrogens (tertiary/aromatic N) is 5. The average Bonchev–Trinajstić information content (AvgIpc) is 3.33. The molecule has 2 amide bonds. The maximum Gasteiger partial charge on any atom is 0.352 e. The highest BCUT2D eigenvalue weighted by molar-refractivity contribution is 8.14. The van der Waals surface area contributed by atoms with Crippen molar-refractivity contribution in [3.63, 3.8) is 0 Å². The number of fused-ring (bicyclic) bond motifs is 1. The zero-order chi connectivity index (χ0) is 30.0. The number of amides is 2. The molecule has 0 aliphatic carbocycles. The minimum atomic E-state index is -1.30. The molecular weight excluding hydrogens is 600 g/mol. The van der Waals surface area contributed by atoms with Crippen LogP contribution in [-0.4, -0.2) is 95.3 Å². The van der Waals surface area contributed by atoms with E-state index >= 15 is 0 Å². The zero-order valence-corrected chi connectivity index (χ0v) is 23.8. The minimum absolute atomic E-state index is 0.0645. The third-order valence-corrected chi connectivity index (χ3v) is 8.90. The molecule has 0 saturated carbocycles. The Morgan fingerprint density at radius 2 is 2.05 bits per heavy atom. The van der Waals surface area contributed by atoms with Crippen LogP contribution in [0.3, 0.4) is 0 Å². The van der Waals surface area contributed by atoms with Gasteiger partial charge in [0.2, 0.25) is 0 Å². The Morgan fingerprint density at radius 3 is 2.68 bits per heavy atom. The number of β-lactam (4-membered cyclic amide) rings is 1. The number of nitrogens with one attached hydrogen (secondary N) is 1. The van der Waals surface area contributed by atoms with Gasteiger partial charge in [-0.1, -0.05) is 16.9 Å². The van der Waals surface area contributed by atoms with E-state index in [4.69, 9.17) is 33.0 Å². The van der Waals surface area contributed by atoms with Gasteiger partial charge in [0.05, 0.1) is 18.7 Å². The maximum absolute atomic E-state index is 13.2. The Balaban J connectivity index is 1.49. The number of hydrazine groups is 1. The summed E-state index contributed by atoms with van der Waals surface area (Å²) in [4.78, 5) is 63.9. The third-order valence-electron chi connectivity index (χ3n) is 5.81. The van der Waals surface area contributed by atoms with Gasteiger partial charge in [0.15, 0.2) is 16.0 Å². The van der Waals surface area contributed by atoms with Gasteiger partial charge < -0.3 is 37.6 Å². The Bertz CT molecular complexity index is 1410. The number of aliphatic imine (C=N–C) groups is 1. The molecule has 17 nitrogen and oxygen atoms in total. The first-order valence-electron chi connectivity index (χ1n) is 11.7. The highest BCUT2D eigenvalue weighted by Gasteiger charge is 2.54. The summed E-state index contributed by atoms with van der Waals surface area (Å²) in [5.74, 6) is 2.58. The second kappa shape index (κ2) is 12.2. The molecule has 220 valence electrons. The summed E-state index contributed by atoms with van der Waals surface area (Å²) in [6.07, 6.45) is -1.23. The lowest BCUT2D eigenvalue weighted by Gasteiger charge is -2.49. The fourth-order valence-electron chi connectivity index (χ4n) is 3.87. The van der Waals surface area contributed by atoms with Crippen molar-refractivity contribution in [1.82, 2.24) is 20.2 Å². The Hall–Kier alpha value is -4.01. The van der Waals surface area contributed by atoms with Gasteiger partial charge in [-0.05, 0) is 12.5 Å². The lowest BCUT2D eigenvalue weighted by atomic mass is 10.0. The van der Waals surface area contributed by atoms with Crippen LogP contribution in [-0.2, 0) is 24.0 Å². The van der Waals surface area contributed by atoms with Crippen molar-refractivity contribution >= 4 is 74.6 Å². The van der Waals surface area contributed by atoms with Gasteiger partial charge >= 0.3 is 11.9 Å². The molecule has 3 atom stereocenters. The second-order valence-electron chi connectivity index (χ2n) is 8.86. The van der Waals surface area contributed by atoms with Gasteiger partial charge in [-0.2, -0.15) is 0 Å². The van der Waals surface area contributed by atoms with Crippen molar-refractivity contribution in [2.45, 2.75) is 30.9 Å². The van der Waals surface area contributed by atoms with Crippen molar-refractivity contribution in [3.05, 3.63) is 33.9 Å². The third kappa shape index (κ3) is 6.50. The standard InChI is InChI=1S/C21H26N10O7S3/c1-7(2-11(32)33)38-29-12(10-6-40-20(24)26-10)16(34)27-13-17(35)31-14(19(36)37)8(4-39-18(13)31)5-41-21-28-15(23)9(22)3-30(21)25/h6-7,13,18H,2-5,22-23,25H2,1H3,(H2,24,26)(H,27,34)(H,32,33)(H,36,37)/b29-12-/t7?,13?,18-/m0/s1. The molecule has 1 fully saturated rings. The molecule has 0 bridgehead atoms. The normalized spacial score (nSPS) is 21.7. The monoisotopic (exact) mass is 626 g/mol. The average molecular weight is 627 g/mol. The summed E-state index contributed by atoms with van der Waals surface area (Å²) in [6.45, 7) is 1.62. The Morgan fingerprint density at radius 1 is 1.32 bits per heavy atom. The van der Waals surface area contributed by atoms with E-state index in [1.807, 2.05) is 0 Å². The number of carbonyl (C=O) groups excluding carboxylic acids is 2. The van der Waals surface area contributed by atoms with E-state index in [0.29, 0.717) is 16.4 Å². The first-order chi connectivity index (χ1) is 19.4. The minimum Gasteiger partial charge on any atom is -0.481 e. The van der Waals surface area contributed by atoms with Crippen LogP contribution in [0.2, 0.25) is 0 Å². The topological polar surface area (TPSA) is 278 Å². The molecule has 41 heavy (non-hydrogen) atoms. The van der Waals surface area contributed by atoms with Gasteiger partial charge in [-0.25, -0.2) is 20.6 Å². The first kappa shape index (κ1) is 30.0. The van der Waals surface area contributed by atoms with E-state index < -0.39 is 41.3 Å². The number of oxime groups is 1. The zero-order valence-electron chi connectivity index (χ0n) is 21.3. The van der Waals surface area contributed by atoms with Crippen LogP contribution in [0.15, 0.2) is 38.3 Å². The number of anilines is 1. The Labute approximate surface area is 244 Å². The molecule has 2 unspecified atom stereocenters. The van der Waals surface area contributed by atoms with Crippen LogP contribution in [0, 0.1) is 0 Å². The highest BCUT2D eigenvalue weighted by atomic mass is 32.2. The molecule has 1 saturated heterocycles. The van der Waals surface area contributed by atoms with E-state index in [2.05, 4.69) is 20.4 Å². The molecule has 0 aromatic carbocycles. The van der Waals surface area contributed by atoms with E-state index in [-0.39, 0.29) is 52.5 Å². The first-order valence-corrected chi connectivity index (χ1v) is 14.6. The summed E-state index contributed by atoms with van der Waals surface area (Å²) >= 11 is 3.46. The molecule has 1 aromatic rings. The van der Waals surface area contributed by atoms with Crippen LogP contribution >= 0.6 is 34.9 Å². The van der Waals surface area contributed by atoms with Crippen molar-refractivity contribution in [1.29, 1.82) is 0 Å². The highest BCUT2D eigenvalue weighted by Crippen LogP contribution is 2.41. The lowest BCUT2D eigenvalue weighted by molar-refractivity contribution is -0.150. The van der Waals surface area contributed by atoms with Crippen molar-refractivity contribution in [2.24, 2.45) is 27.5 Å². The van der Waals surface area contributed by atoms with Gasteiger partial charge in [-0.3, -0.25) is 24.3 Å². The largest absolute Gasteiger partial charge is 0.481 e. The molecule has 3 aliphatic rings.